The highest BCUT2D eigenvalue weighted by atomic mass is 16.4. The maximum atomic E-state index is 11.4. The van der Waals surface area contributed by atoms with Gasteiger partial charge in [-0.3, -0.25) is 4.79 Å². The highest BCUT2D eigenvalue weighted by Crippen LogP contribution is 2.34. The largest absolute Gasteiger partial charge is 0.481 e. The second-order valence-electron chi connectivity index (χ2n) is 5.14. The van der Waals surface area contributed by atoms with Crippen molar-refractivity contribution in [1.29, 1.82) is 0 Å². The molecule has 0 aliphatic heterocycles. The van der Waals surface area contributed by atoms with E-state index in [1.807, 2.05) is 0 Å². The van der Waals surface area contributed by atoms with Crippen LogP contribution in [0.25, 0.3) is 0 Å². The predicted octanol–water partition coefficient (Wildman–Crippen LogP) is 3.31. The molecule has 3 nitrogen and oxygen atoms in total. The van der Waals surface area contributed by atoms with Gasteiger partial charge in [-0.05, 0) is 38.8 Å². The number of hydrogen-bond acceptors (Lipinski definition) is 1. The Morgan fingerprint density at radius 2 is 1.76 bits per heavy atom. The summed E-state index contributed by atoms with van der Waals surface area (Å²) in [5.74, 6) is -0.855. The van der Waals surface area contributed by atoms with Gasteiger partial charge in [-0.25, -0.2) is 0 Å². The Morgan fingerprint density at radius 1 is 1.18 bits per heavy atom. The molecule has 3 heteroatoms. The van der Waals surface area contributed by atoms with Gasteiger partial charge in [0.15, 0.2) is 0 Å². The number of aromatic nitrogens is 1. The molecule has 2 atom stereocenters. The van der Waals surface area contributed by atoms with Crippen molar-refractivity contribution < 1.29 is 9.90 Å². The topological polar surface area (TPSA) is 42.2 Å². The van der Waals surface area contributed by atoms with Crippen LogP contribution < -0.4 is 0 Å². The first-order valence-corrected chi connectivity index (χ1v) is 6.48. The third-order valence-corrected chi connectivity index (χ3v) is 3.95. The minimum absolute atomic E-state index is 0.144. The Kier molecular flexibility index (Phi) is 3.55. The summed E-state index contributed by atoms with van der Waals surface area (Å²) in [6.07, 6.45) is 5.17. The zero-order chi connectivity index (χ0) is 12.4. The van der Waals surface area contributed by atoms with Crippen LogP contribution in [-0.2, 0) is 4.79 Å². The number of carbonyl (C=O) groups is 1. The summed E-state index contributed by atoms with van der Waals surface area (Å²) in [5, 5.41) is 9.40. The first kappa shape index (κ1) is 12.2. The molecule has 1 aliphatic rings. The fourth-order valence-corrected chi connectivity index (χ4v) is 3.09. The third kappa shape index (κ3) is 2.38. The molecule has 1 aromatic heterocycles. The predicted molar refractivity (Wildman–Crippen MR) is 67.2 cm³/mol. The van der Waals surface area contributed by atoms with E-state index >= 15 is 0 Å². The minimum Gasteiger partial charge on any atom is -0.481 e. The second-order valence-corrected chi connectivity index (χ2v) is 5.14. The van der Waals surface area contributed by atoms with Crippen LogP contribution in [0.4, 0.5) is 0 Å². The number of carboxylic acid groups (broad SMARTS) is 1. The standard InChI is InChI=1S/C14H21NO2/c1-10-8-9-11(2)15(10)13-7-5-3-4-6-12(13)14(16)17/h8-9,12-13H,3-7H2,1-2H3,(H,16,17). The Labute approximate surface area is 102 Å². The summed E-state index contributed by atoms with van der Waals surface area (Å²) in [7, 11) is 0. The van der Waals surface area contributed by atoms with Gasteiger partial charge in [0, 0.05) is 17.4 Å². The summed E-state index contributed by atoms with van der Waals surface area (Å²) < 4.78 is 2.23. The molecule has 1 aromatic rings. The average Bonchev–Trinajstić information content (AvgIpc) is 2.53. The number of carboxylic acids is 1. The first-order valence-electron chi connectivity index (χ1n) is 6.48. The van der Waals surface area contributed by atoms with Crippen LogP contribution in [0.5, 0.6) is 0 Å². The van der Waals surface area contributed by atoms with Crippen molar-refractivity contribution in [3.63, 3.8) is 0 Å². The van der Waals surface area contributed by atoms with Crippen LogP contribution in [0.15, 0.2) is 12.1 Å². The van der Waals surface area contributed by atoms with Crippen LogP contribution in [0, 0.1) is 19.8 Å². The quantitative estimate of drug-likeness (QED) is 0.799. The monoisotopic (exact) mass is 235 g/mol. The fraction of sp³-hybridized carbons (Fsp3) is 0.643. The maximum absolute atomic E-state index is 11.4. The highest BCUT2D eigenvalue weighted by Gasteiger charge is 2.31. The number of aliphatic carboxylic acids is 1. The smallest absolute Gasteiger partial charge is 0.308 e. The molecular weight excluding hydrogens is 214 g/mol. The van der Waals surface area contributed by atoms with Crippen LogP contribution in [-0.4, -0.2) is 15.6 Å². The lowest BCUT2D eigenvalue weighted by Gasteiger charge is -2.26. The molecule has 2 rings (SSSR count). The zero-order valence-corrected chi connectivity index (χ0v) is 10.6. The average molecular weight is 235 g/mol. The molecule has 2 unspecified atom stereocenters. The number of aryl methyl sites for hydroxylation is 2. The van der Waals surface area contributed by atoms with Crippen LogP contribution in [0.1, 0.15) is 49.5 Å². The van der Waals surface area contributed by atoms with Crippen molar-refractivity contribution in [1.82, 2.24) is 4.57 Å². The summed E-state index contributed by atoms with van der Waals surface area (Å²) in [4.78, 5) is 11.4. The van der Waals surface area contributed by atoms with Crippen LogP contribution in [0.3, 0.4) is 0 Å². The van der Waals surface area contributed by atoms with Gasteiger partial charge in [-0.1, -0.05) is 19.3 Å². The van der Waals surface area contributed by atoms with Gasteiger partial charge in [-0.2, -0.15) is 0 Å². The molecule has 1 heterocycles. The number of hydrogen-bond donors (Lipinski definition) is 1. The summed E-state index contributed by atoms with van der Waals surface area (Å²) in [6.45, 7) is 4.13. The minimum atomic E-state index is -0.635. The van der Waals surface area contributed by atoms with E-state index < -0.39 is 5.97 Å². The Balaban J connectivity index is 2.35. The SMILES string of the molecule is Cc1ccc(C)n1C1CCCCCC1C(=O)O. The van der Waals surface area contributed by atoms with E-state index in [0.29, 0.717) is 0 Å². The van der Waals surface area contributed by atoms with Crippen molar-refractivity contribution in [3.8, 4) is 0 Å². The van der Waals surface area contributed by atoms with E-state index in [1.54, 1.807) is 0 Å². The van der Waals surface area contributed by atoms with Gasteiger partial charge >= 0.3 is 5.97 Å². The zero-order valence-electron chi connectivity index (χ0n) is 10.6. The van der Waals surface area contributed by atoms with E-state index in [2.05, 4.69) is 30.5 Å². The normalized spacial score (nSPS) is 25.5. The molecule has 1 aliphatic carbocycles. The lowest BCUT2D eigenvalue weighted by Crippen LogP contribution is -2.26. The van der Waals surface area contributed by atoms with Gasteiger partial charge in [0.1, 0.15) is 0 Å². The molecule has 94 valence electrons. The van der Waals surface area contributed by atoms with E-state index in [1.165, 1.54) is 17.8 Å². The second kappa shape index (κ2) is 4.94. The molecule has 0 aromatic carbocycles. The van der Waals surface area contributed by atoms with Crippen molar-refractivity contribution in [2.45, 2.75) is 52.0 Å². The van der Waals surface area contributed by atoms with E-state index in [-0.39, 0.29) is 12.0 Å². The van der Waals surface area contributed by atoms with Gasteiger partial charge in [0.05, 0.1) is 5.92 Å². The Hall–Kier alpha value is -1.25. The molecule has 0 radical (unpaired) electrons. The van der Waals surface area contributed by atoms with Crippen molar-refractivity contribution in [3.05, 3.63) is 23.5 Å². The lowest BCUT2D eigenvalue weighted by atomic mass is 9.94. The van der Waals surface area contributed by atoms with Crippen LogP contribution >= 0.6 is 0 Å². The van der Waals surface area contributed by atoms with Crippen molar-refractivity contribution >= 4 is 5.97 Å². The molecule has 1 fully saturated rings. The van der Waals surface area contributed by atoms with Crippen molar-refractivity contribution in [2.24, 2.45) is 5.92 Å². The molecule has 0 bridgehead atoms. The first-order chi connectivity index (χ1) is 8.11. The number of rotatable bonds is 2. The maximum Gasteiger partial charge on any atom is 0.308 e. The van der Waals surface area contributed by atoms with Gasteiger partial charge in [-0.15, -0.1) is 0 Å². The van der Waals surface area contributed by atoms with Crippen molar-refractivity contribution in [2.75, 3.05) is 0 Å². The molecule has 1 N–H and O–H groups in total. The lowest BCUT2D eigenvalue weighted by molar-refractivity contribution is -0.143. The number of nitrogens with zero attached hydrogens (tertiary/aromatic N) is 1. The van der Waals surface area contributed by atoms with E-state index in [9.17, 15) is 9.90 Å². The Morgan fingerprint density at radius 3 is 2.35 bits per heavy atom. The van der Waals surface area contributed by atoms with E-state index in [0.717, 1.165) is 25.7 Å². The van der Waals surface area contributed by atoms with Gasteiger partial charge < -0.3 is 9.67 Å². The Bertz CT molecular complexity index is 389. The third-order valence-electron chi connectivity index (χ3n) is 3.95. The summed E-state index contributed by atoms with van der Waals surface area (Å²) >= 11 is 0. The molecule has 1 saturated carbocycles. The summed E-state index contributed by atoms with van der Waals surface area (Å²) in [6, 6.07) is 4.31. The molecule has 17 heavy (non-hydrogen) atoms. The van der Waals surface area contributed by atoms with Gasteiger partial charge in [0.2, 0.25) is 0 Å². The molecule has 0 saturated heterocycles. The van der Waals surface area contributed by atoms with E-state index in [4.69, 9.17) is 0 Å². The molecule has 0 amide bonds. The highest BCUT2D eigenvalue weighted by molar-refractivity contribution is 5.70. The summed E-state index contributed by atoms with van der Waals surface area (Å²) in [5.41, 5.74) is 2.36. The van der Waals surface area contributed by atoms with Crippen LogP contribution in [0.2, 0.25) is 0 Å². The van der Waals surface area contributed by atoms with Gasteiger partial charge in [0.25, 0.3) is 0 Å². The molecular formula is C14H21NO2. The molecule has 0 spiro atoms. The fourth-order valence-electron chi connectivity index (χ4n) is 3.09.